The average Bonchev–Trinajstić information content (AvgIpc) is 2.89. The molecule has 0 bridgehead atoms. The molecule has 2 fully saturated rings. The van der Waals surface area contributed by atoms with Crippen molar-refractivity contribution in [2.75, 3.05) is 38.3 Å². The zero-order chi connectivity index (χ0) is 19.5. The van der Waals surface area contributed by atoms with Crippen LogP contribution in [0.4, 0.5) is 5.69 Å². The van der Waals surface area contributed by atoms with Gasteiger partial charge in [0, 0.05) is 37.8 Å². The minimum Gasteiger partial charge on any atom is -0.497 e. The summed E-state index contributed by atoms with van der Waals surface area (Å²) in [5.41, 5.74) is 3.53. The molecule has 2 aliphatic heterocycles. The van der Waals surface area contributed by atoms with E-state index in [0.29, 0.717) is 12.5 Å². The molecule has 0 aliphatic carbocycles. The molecular formula is C23H28N2O3. The number of benzene rings is 2. The van der Waals surface area contributed by atoms with Gasteiger partial charge in [0.25, 0.3) is 5.91 Å². The number of hydrogen-bond acceptors (Lipinski definition) is 4. The summed E-state index contributed by atoms with van der Waals surface area (Å²) in [6.07, 6.45) is 1.13. The summed E-state index contributed by atoms with van der Waals surface area (Å²) in [6, 6.07) is 16.2. The fourth-order valence-corrected chi connectivity index (χ4v) is 4.29. The number of carbonyl (C=O) groups is 1. The Morgan fingerprint density at radius 2 is 1.96 bits per heavy atom. The van der Waals surface area contributed by atoms with Gasteiger partial charge in [-0.1, -0.05) is 24.3 Å². The van der Waals surface area contributed by atoms with Gasteiger partial charge in [-0.05, 0) is 48.7 Å². The van der Waals surface area contributed by atoms with Crippen molar-refractivity contribution in [2.24, 2.45) is 5.92 Å². The maximum atomic E-state index is 12.6. The molecule has 0 radical (unpaired) electrons. The Morgan fingerprint density at radius 1 is 1.14 bits per heavy atom. The third kappa shape index (κ3) is 4.05. The highest BCUT2D eigenvalue weighted by molar-refractivity contribution is 5.94. The molecule has 0 saturated carbocycles. The number of nitrogens with zero attached hydrogens (tertiary/aromatic N) is 2. The molecule has 0 unspecified atom stereocenters. The normalized spacial score (nSPS) is 23.2. The number of carbonyl (C=O) groups excluding carboxylic acids is 1. The highest BCUT2D eigenvalue weighted by Crippen LogP contribution is 2.28. The van der Waals surface area contributed by atoms with E-state index >= 15 is 0 Å². The molecular weight excluding hydrogens is 352 g/mol. The van der Waals surface area contributed by atoms with Gasteiger partial charge in [0.2, 0.25) is 0 Å². The predicted octanol–water partition coefficient (Wildman–Crippen LogP) is 3.26. The van der Waals surface area contributed by atoms with Crippen molar-refractivity contribution < 1.29 is 14.3 Å². The number of ether oxygens (including phenoxy) is 2. The van der Waals surface area contributed by atoms with Crippen molar-refractivity contribution in [2.45, 2.75) is 26.0 Å². The Balaban J connectivity index is 1.47. The van der Waals surface area contributed by atoms with E-state index in [1.165, 1.54) is 11.1 Å². The Morgan fingerprint density at radius 3 is 2.71 bits per heavy atom. The van der Waals surface area contributed by atoms with E-state index in [1.807, 2.05) is 41.3 Å². The van der Waals surface area contributed by atoms with Crippen LogP contribution >= 0.6 is 0 Å². The number of para-hydroxylation sites is 1. The highest BCUT2D eigenvalue weighted by Gasteiger charge is 2.36. The molecule has 2 aromatic carbocycles. The van der Waals surface area contributed by atoms with Crippen molar-refractivity contribution in [3.05, 3.63) is 59.7 Å². The van der Waals surface area contributed by atoms with Crippen LogP contribution < -0.4 is 9.64 Å². The number of aryl methyl sites for hydroxylation is 1. The van der Waals surface area contributed by atoms with Crippen molar-refractivity contribution >= 4 is 11.6 Å². The van der Waals surface area contributed by atoms with Gasteiger partial charge < -0.3 is 14.4 Å². The summed E-state index contributed by atoms with van der Waals surface area (Å²) >= 11 is 0. The summed E-state index contributed by atoms with van der Waals surface area (Å²) in [6.45, 7) is 5.87. The van der Waals surface area contributed by atoms with Gasteiger partial charge in [-0.15, -0.1) is 0 Å². The second kappa shape index (κ2) is 8.33. The second-order valence-corrected chi connectivity index (χ2v) is 7.77. The van der Waals surface area contributed by atoms with Crippen molar-refractivity contribution in [1.82, 2.24) is 4.90 Å². The van der Waals surface area contributed by atoms with E-state index in [-0.39, 0.29) is 18.6 Å². The lowest BCUT2D eigenvalue weighted by molar-refractivity contribution is -0.124. The molecule has 2 saturated heterocycles. The zero-order valence-corrected chi connectivity index (χ0v) is 16.6. The van der Waals surface area contributed by atoms with Crippen LogP contribution in [0.5, 0.6) is 5.75 Å². The van der Waals surface area contributed by atoms with Crippen LogP contribution in [0.3, 0.4) is 0 Å². The molecule has 0 aromatic heterocycles. The molecule has 2 aliphatic rings. The summed E-state index contributed by atoms with van der Waals surface area (Å²) in [4.78, 5) is 17.0. The monoisotopic (exact) mass is 380 g/mol. The first kappa shape index (κ1) is 19.0. The van der Waals surface area contributed by atoms with Crippen LogP contribution in [0.15, 0.2) is 48.5 Å². The Hall–Kier alpha value is -2.37. The number of fused-ring (bicyclic) bond motifs is 1. The molecule has 5 nitrogen and oxygen atoms in total. The third-order valence-electron chi connectivity index (χ3n) is 5.90. The SMILES string of the molecule is COc1ccc(CN2CC[C@@H]3OCC(=O)N(c4ccccc4)C[C@H]3C2)c(C)c1. The summed E-state index contributed by atoms with van der Waals surface area (Å²) < 4.78 is 11.3. The Kier molecular flexibility index (Phi) is 5.64. The molecule has 2 atom stereocenters. The Bertz CT molecular complexity index is 824. The van der Waals surface area contributed by atoms with Crippen LogP contribution in [-0.2, 0) is 16.1 Å². The van der Waals surface area contributed by atoms with Crippen molar-refractivity contribution in [3.8, 4) is 5.75 Å². The van der Waals surface area contributed by atoms with Crippen LogP contribution in [-0.4, -0.2) is 50.3 Å². The summed E-state index contributed by atoms with van der Waals surface area (Å²) in [7, 11) is 1.70. The zero-order valence-electron chi connectivity index (χ0n) is 16.6. The largest absolute Gasteiger partial charge is 0.497 e. The van der Waals surface area contributed by atoms with E-state index in [2.05, 4.69) is 24.0 Å². The maximum absolute atomic E-state index is 12.6. The number of amides is 1. The first-order chi connectivity index (χ1) is 13.6. The number of hydrogen-bond donors (Lipinski definition) is 0. The Labute approximate surface area is 166 Å². The van der Waals surface area contributed by atoms with E-state index < -0.39 is 0 Å². The van der Waals surface area contributed by atoms with Crippen LogP contribution in [0, 0.1) is 12.8 Å². The van der Waals surface area contributed by atoms with E-state index in [0.717, 1.165) is 37.5 Å². The number of piperidine rings is 1. The van der Waals surface area contributed by atoms with Crippen LogP contribution in [0.25, 0.3) is 0 Å². The van der Waals surface area contributed by atoms with Crippen molar-refractivity contribution in [3.63, 3.8) is 0 Å². The minimum atomic E-state index is 0.0538. The molecule has 2 aromatic rings. The smallest absolute Gasteiger partial charge is 0.252 e. The highest BCUT2D eigenvalue weighted by atomic mass is 16.5. The lowest BCUT2D eigenvalue weighted by Crippen LogP contribution is -2.47. The third-order valence-corrected chi connectivity index (χ3v) is 5.90. The summed E-state index contributed by atoms with van der Waals surface area (Å²) in [5.74, 6) is 1.27. The molecule has 5 heteroatoms. The minimum absolute atomic E-state index is 0.0538. The first-order valence-corrected chi connectivity index (χ1v) is 9.97. The van der Waals surface area contributed by atoms with Crippen molar-refractivity contribution in [1.29, 1.82) is 0 Å². The van der Waals surface area contributed by atoms with E-state index in [4.69, 9.17) is 9.47 Å². The molecule has 28 heavy (non-hydrogen) atoms. The number of anilines is 1. The molecule has 1 amide bonds. The van der Waals surface area contributed by atoms with E-state index in [1.54, 1.807) is 7.11 Å². The first-order valence-electron chi connectivity index (χ1n) is 9.97. The lowest BCUT2D eigenvalue weighted by Gasteiger charge is -2.38. The van der Waals surface area contributed by atoms with Gasteiger partial charge >= 0.3 is 0 Å². The van der Waals surface area contributed by atoms with Crippen LogP contribution in [0.2, 0.25) is 0 Å². The van der Waals surface area contributed by atoms with Gasteiger partial charge in [0.15, 0.2) is 0 Å². The molecule has 2 heterocycles. The number of methoxy groups -OCH3 is 1. The fourth-order valence-electron chi connectivity index (χ4n) is 4.29. The maximum Gasteiger partial charge on any atom is 0.252 e. The average molecular weight is 380 g/mol. The van der Waals surface area contributed by atoms with Crippen LogP contribution in [0.1, 0.15) is 17.5 Å². The standard InChI is InChI=1S/C23H28N2O3/c1-17-12-21(27-2)9-8-18(17)13-24-11-10-22-19(14-24)15-25(23(26)16-28-22)20-6-4-3-5-7-20/h3-9,12,19,22H,10-11,13-16H2,1-2H3/t19-,22+/m1/s1. The van der Waals surface area contributed by atoms with Gasteiger partial charge in [-0.2, -0.15) is 0 Å². The predicted molar refractivity (Wildman–Crippen MR) is 110 cm³/mol. The summed E-state index contributed by atoms with van der Waals surface area (Å²) in [5, 5.41) is 0. The van der Waals surface area contributed by atoms with Gasteiger partial charge in [-0.25, -0.2) is 0 Å². The van der Waals surface area contributed by atoms with Gasteiger partial charge in [0.05, 0.1) is 13.2 Å². The molecule has 148 valence electrons. The topological polar surface area (TPSA) is 42.0 Å². The molecule has 4 rings (SSSR count). The fraction of sp³-hybridized carbons (Fsp3) is 0.435. The second-order valence-electron chi connectivity index (χ2n) is 7.77. The van der Waals surface area contributed by atoms with Gasteiger partial charge in [0.1, 0.15) is 12.4 Å². The lowest BCUT2D eigenvalue weighted by atomic mass is 9.93. The van der Waals surface area contributed by atoms with E-state index in [9.17, 15) is 4.79 Å². The number of likely N-dealkylation sites (tertiary alicyclic amines) is 1. The quantitative estimate of drug-likeness (QED) is 0.817. The number of rotatable bonds is 4. The van der Waals surface area contributed by atoms with Gasteiger partial charge in [-0.3, -0.25) is 9.69 Å². The molecule has 0 spiro atoms. The molecule has 0 N–H and O–H groups in total.